The van der Waals surface area contributed by atoms with E-state index in [0.717, 1.165) is 0 Å². The second-order valence-electron chi connectivity index (χ2n) is 5.32. The molecule has 124 valence electrons. The van der Waals surface area contributed by atoms with Crippen molar-refractivity contribution in [1.82, 2.24) is 15.5 Å². The van der Waals surface area contributed by atoms with E-state index in [9.17, 15) is 23.2 Å². The third-order valence-corrected chi connectivity index (χ3v) is 3.80. The topological polar surface area (TPSA) is 87.7 Å². The zero-order valence-corrected chi connectivity index (χ0v) is 12.1. The molecule has 1 fully saturated rings. The summed E-state index contributed by atoms with van der Waals surface area (Å²) in [5, 5.41) is 4.35. The summed E-state index contributed by atoms with van der Waals surface area (Å²) >= 11 is 0. The summed E-state index contributed by atoms with van der Waals surface area (Å²) in [7, 11) is 0. The Bertz CT molecular complexity index is 789. The highest BCUT2D eigenvalue weighted by Gasteiger charge is 2.48. The lowest BCUT2D eigenvalue weighted by Crippen LogP contribution is -2.54. The number of hydrogen-bond acceptors (Lipinski definition) is 4. The SMILES string of the molecule is C#CC1(CN2Cc3ccc(OC(F)F)cc3C2=O)NC(=O)NC1=O. The molecule has 2 N–H and O–H groups in total. The van der Waals surface area contributed by atoms with Crippen LogP contribution in [0, 0.1) is 12.3 Å². The molecule has 0 radical (unpaired) electrons. The molecule has 1 atom stereocenters. The van der Waals surface area contributed by atoms with Gasteiger partial charge in [0.1, 0.15) is 5.75 Å². The predicted octanol–water partition coefficient (Wildman–Crippen LogP) is 0.455. The molecular formula is C15H11F2N3O4. The van der Waals surface area contributed by atoms with Crippen molar-refractivity contribution in [2.75, 3.05) is 6.54 Å². The molecule has 0 bridgehead atoms. The van der Waals surface area contributed by atoms with Crippen molar-refractivity contribution in [1.29, 1.82) is 0 Å². The number of urea groups is 1. The number of carbonyl (C=O) groups excluding carboxylic acids is 3. The molecule has 2 aliphatic rings. The Morgan fingerprint density at radius 3 is 2.71 bits per heavy atom. The summed E-state index contributed by atoms with van der Waals surface area (Å²) in [5.41, 5.74) is -0.888. The average Bonchev–Trinajstić information content (AvgIpc) is 2.97. The molecule has 0 aromatic heterocycles. The summed E-state index contributed by atoms with van der Waals surface area (Å²) < 4.78 is 28.8. The maximum absolute atomic E-state index is 12.4. The van der Waals surface area contributed by atoms with E-state index in [-0.39, 0.29) is 24.4 Å². The van der Waals surface area contributed by atoms with Crippen LogP contribution in [0.5, 0.6) is 5.75 Å². The quantitative estimate of drug-likeness (QED) is 0.618. The Hall–Kier alpha value is -3.15. The molecule has 1 unspecified atom stereocenters. The van der Waals surface area contributed by atoms with E-state index in [4.69, 9.17) is 6.42 Å². The lowest BCUT2D eigenvalue weighted by Gasteiger charge is -2.26. The number of rotatable bonds is 4. The molecule has 1 aromatic rings. The van der Waals surface area contributed by atoms with Crippen molar-refractivity contribution >= 4 is 17.8 Å². The summed E-state index contributed by atoms with van der Waals surface area (Å²) in [4.78, 5) is 36.9. The molecular weight excluding hydrogens is 324 g/mol. The minimum atomic E-state index is -3.00. The third-order valence-electron chi connectivity index (χ3n) is 3.80. The maximum Gasteiger partial charge on any atom is 0.387 e. The summed E-state index contributed by atoms with van der Waals surface area (Å²) in [5.74, 6) is 0.852. The van der Waals surface area contributed by atoms with Crippen molar-refractivity contribution in [3.05, 3.63) is 29.3 Å². The Morgan fingerprint density at radius 2 is 2.12 bits per heavy atom. The minimum absolute atomic E-state index is 0.135. The number of terminal acetylenes is 1. The number of amides is 4. The van der Waals surface area contributed by atoms with E-state index in [2.05, 4.69) is 16.0 Å². The minimum Gasteiger partial charge on any atom is -0.435 e. The molecule has 24 heavy (non-hydrogen) atoms. The van der Waals surface area contributed by atoms with Gasteiger partial charge >= 0.3 is 12.6 Å². The van der Waals surface area contributed by atoms with Gasteiger partial charge < -0.3 is 15.0 Å². The van der Waals surface area contributed by atoms with Crippen LogP contribution in [0.25, 0.3) is 0 Å². The lowest BCUT2D eigenvalue weighted by atomic mass is 10.0. The van der Waals surface area contributed by atoms with Gasteiger partial charge in [0, 0.05) is 12.1 Å². The summed E-state index contributed by atoms with van der Waals surface area (Å²) in [6.07, 6.45) is 5.36. The maximum atomic E-state index is 12.4. The van der Waals surface area contributed by atoms with Gasteiger partial charge in [0.2, 0.25) is 0 Å². The normalized spacial score (nSPS) is 22.2. The number of ether oxygens (including phenoxy) is 1. The van der Waals surface area contributed by atoms with Crippen molar-refractivity contribution in [2.24, 2.45) is 0 Å². The van der Waals surface area contributed by atoms with Gasteiger partial charge in [-0.05, 0) is 17.7 Å². The Morgan fingerprint density at radius 1 is 1.38 bits per heavy atom. The van der Waals surface area contributed by atoms with Crippen LogP contribution in [0.3, 0.4) is 0 Å². The van der Waals surface area contributed by atoms with Crippen molar-refractivity contribution < 1.29 is 27.9 Å². The molecule has 7 nitrogen and oxygen atoms in total. The van der Waals surface area contributed by atoms with Crippen LogP contribution in [0.1, 0.15) is 15.9 Å². The summed E-state index contributed by atoms with van der Waals surface area (Å²) in [6.45, 7) is -3.10. The van der Waals surface area contributed by atoms with Crippen LogP contribution < -0.4 is 15.4 Å². The van der Waals surface area contributed by atoms with Crippen LogP contribution in [-0.2, 0) is 11.3 Å². The Balaban J connectivity index is 1.83. The van der Waals surface area contributed by atoms with Crippen molar-refractivity contribution in [3.8, 4) is 18.1 Å². The first kappa shape index (κ1) is 15.7. The lowest BCUT2D eigenvalue weighted by molar-refractivity contribution is -0.122. The Kier molecular flexibility index (Phi) is 3.60. The highest BCUT2D eigenvalue weighted by molar-refractivity contribution is 6.10. The number of carbonyl (C=O) groups is 3. The number of nitrogens with one attached hydrogen (secondary N) is 2. The fraction of sp³-hybridized carbons (Fsp3) is 0.267. The van der Waals surface area contributed by atoms with Gasteiger partial charge in [-0.1, -0.05) is 12.0 Å². The van der Waals surface area contributed by atoms with Crippen LogP contribution in [0.2, 0.25) is 0 Å². The number of hydrogen-bond donors (Lipinski definition) is 2. The van der Waals surface area contributed by atoms with E-state index < -0.39 is 30.0 Å². The highest BCUT2D eigenvalue weighted by Crippen LogP contribution is 2.29. The number of alkyl halides is 2. The first-order valence-corrected chi connectivity index (χ1v) is 6.83. The smallest absolute Gasteiger partial charge is 0.387 e. The second-order valence-corrected chi connectivity index (χ2v) is 5.32. The van der Waals surface area contributed by atoms with E-state index in [1.165, 1.54) is 23.1 Å². The first-order valence-electron chi connectivity index (χ1n) is 6.83. The number of imide groups is 1. The molecule has 2 aliphatic heterocycles. The monoisotopic (exact) mass is 335 g/mol. The fourth-order valence-electron chi connectivity index (χ4n) is 2.68. The van der Waals surface area contributed by atoms with Gasteiger partial charge in [-0.15, -0.1) is 6.42 Å². The van der Waals surface area contributed by atoms with Gasteiger partial charge in [-0.25, -0.2) is 4.79 Å². The van der Waals surface area contributed by atoms with Crippen LogP contribution in [0.15, 0.2) is 18.2 Å². The molecule has 3 rings (SSSR count). The van der Waals surface area contributed by atoms with E-state index in [1.54, 1.807) is 0 Å². The van der Waals surface area contributed by atoms with Crippen LogP contribution in [-0.4, -0.2) is 41.4 Å². The number of halogens is 2. The van der Waals surface area contributed by atoms with Gasteiger partial charge in [0.05, 0.1) is 6.54 Å². The zero-order valence-electron chi connectivity index (χ0n) is 12.1. The number of fused-ring (bicyclic) bond motifs is 1. The van der Waals surface area contributed by atoms with Gasteiger partial charge in [0.25, 0.3) is 11.8 Å². The van der Waals surface area contributed by atoms with E-state index in [0.29, 0.717) is 5.56 Å². The van der Waals surface area contributed by atoms with E-state index in [1.807, 2.05) is 5.32 Å². The van der Waals surface area contributed by atoms with Crippen LogP contribution in [0.4, 0.5) is 13.6 Å². The predicted molar refractivity (Wildman–Crippen MR) is 76.1 cm³/mol. The second kappa shape index (κ2) is 5.49. The number of benzene rings is 1. The van der Waals surface area contributed by atoms with Crippen LogP contribution >= 0.6 is 0 Å². The standard InChI is InChI=1S/C15H11F2N3O4/c1-2-15(12(22)18-14(23)19-15)7-20-6-8-3-4-9(24-13(16)17)5-10(8)11(20)21/h1,3-5,13H,6-7H2,(H2,18,19,22,23). The molecule has 9 heteroatoms. The van der Waals surface area contributed by atoms with Crippen molar-refractivity contribution in [2.45, 2.75) is 18.7 Å². The van der Waals surface area contributed by atoms with Gasteiger partial charge in [-0.2, -0.15) is 8.78 Å². The molecule has 2 heterocycles. The van der Waals surface area contributed by atoms with E-state index >= 15 is 0 Å². The van der Waals surface area contributed by atoms with Gasteiger partial charge in [0.15, 0.2) is 5.54 Å². The molecule has 4 amide bonds. The fourth-order valence-corrected chi connectivity index (χ4v) is 2.68. The highest BCUT2D eigenvalue weighted by atomic mass is 19.3. The molecule has 0 aliphatic carbocycles. The first-order chi connectivity index (χ1) is 11.3. The zero-order chi connectivity index (χ0) is 17.5. The number of nitrogens with zero attached hydrogens (tertiary/aromatic N) is 1. The molecule has 0 saturated carbocycles. The summed E-state index contributed by atoms with van der Waals surface area (Å²) in [6, 6.07) is 3.28. The average molecular weight is 335 g/mol. The molecule has 0 spiro atoms. The Labute approximate surface area is 134 Å². The van der Waals surface area contributed by atoms with Crippen molar-refractivity contribution in [3.63, 3.8) is 0 Å². The largest absolute Gasteiger partial charge is 0.435 e. The molecule has 1 aromatic carbocycles. The third kappa shape index (κ3) is 2.52. The molecule has 1 saturated heterocycles. The van der Waals surface area contributed by atoms with Gasteiger partial charge in [-0.3, -0.25) is 14.9 Å².